The van der Waals surface area contributed by atoms with E-state index in [1.54, 1.807) is 30.3 Å². The number of hydrogen-bond donors (Lipinski definition) is 1. The van der Waals surface area contributed by atoms with Crippen LogP contribution in [0.5, 0.6) is 0 Å². The smallest absolute Gasteiger partial charge is 0.346 e. The number of carbonyl (C=O) groups excluding carboxylic acids is 4. The fraction of sp³-hybridized carbons (Fsp3) is 0.333. The van der Waals surface area contributed by atoms with Gasteiger partial charge in [-0.2, -0.15) is 4.98 Å². The van der Waals surface area contributed by atoms with Crippen molar-refractivity contribution in [3.63, 3.8) is 0 Å². The number of anilines is 1. The summed E-state index contributed by atoms with van der Waals surface area (Å²) in [5.74, 6) is -2.71. The first-order valence-corrected chi connectivity index (χ1v) is 11.9. The van der Waals surface area contributed by atoms with Crippen LogP contribution in [0.3, 0.4) is 0 Å². The number of nitrogens with one attached hydrogen (secondary N) is 1. The molecule has 12 nitrogen and oxygen atoms in total. The second-order valence-corrected chi connectivity index (χ2v) is 8.83. The number of nitrogens with zero attached hydrogens (tertiary/aromatic N) is 2. The summed E-state index contributed by atoms with van der Waals surface area (Å²) in [5, 5.41) is 0. The monoisotopic (exact) mass is 577 g/mol. The number of esters is 3. The number of amides is 1. The lowest BCUT2D eigenvalue weighted by Crippen LogP contribution is -2.49. The second-order valence-electron chi connectivity index (χ2n) is 7.77. The van der Waals surface area contributed by atoms with Crippen molar-refractivity contribution >= 4 is 51.6 Å². The number of aromatic amines is 1. The summed E-state index contributed by atoms with van der Waals surface area (Å²) in [6.07, 6.45) is 0.408. The van der Waals surface area contributed by atoms with E-state index < -0.39 is 52.8 Å². The molecule has 0 unspecified atom stereocenters. The van der Waals surface area contributed by atoms with Gasteiger partial charge in [0.1, 0.15) is 12.7 Å². The maximum Gasteiger partial charge on any atom is 0.346 e. The lowest BCUT2D eigenvalue weighted by Gasteiger charge is -2.32. The molecule has 0 bridgehead atoms. The van der Waals surface area contributed by atoms with E-state index in [2.05, 4.69) is 30.6 Å². The highest BCUT2D eigenvalue weighted by Gasteiger charge is 2.51. The Balaban J connectivity index is 2.17. The minimum absolute atomic E-state index is 0.161. The standard InChI is InChI=1S/C24H24BrN3O9/c1-13(29)35-12-17-19(25)20(36-14(2)30)23(37-17)28(22(32)15-7-5-4-6-8-15)21-16(9-10-18(31)34-3)11-26-24(33)27-21/h4-11,17,19-20,23H,12H2,1-3H3,(H,26,27,33)/t17-,19+,20-,23-/m1/s1. The number of carbonyl (C=O) groups is 4. The highest BCUT2D eigenvalue weighted by molar-refractivity contribution is 9.09. The molecule has 2 aromatic rings. The number of alkyl halides is 1. The number of halogens is 1. The third kappa shape index (κ3) is 6.89. The van der Waals surface area contributed by atoms with Gasteiger partial charge in [-0.1, -0.05) is 34.1 Å². The van der Waals surface area contributed by atoms with Crippen LogP contribution < -0.4 is 10.6 Å². The molecule has 1 N–H and O–H groups in total. The van der Waals surface area contributed by atoms with Crippen molar-refractivity contribution < 1.29 is 38.1 Å². The van der Waals surface area contributed by atoms with Crippen molar-refractivity contribution in [2.75, 3.05) is 18.6 Å². The molecule has 0 radical (unpaired) electrons. The average Bonchev–Trinajstić information content (AvgIpc) is 3.16. The summed E-state index contributed by atoms with van der Waals surface area (Å²) in [7, 11) is 1.19. The number of benzene rings is 1. The van der Waals surface area contributed by atoms with Crippen LogP contribution in [0.15, 0.2) is 47.4 Å². The van der Waals surface area contributed by atoms with Crippen LogP contribution in [0, 0.1) is 0 Å². The zero-order chi connectivity index (χ0) is 27.1. The lowest BCUT2D eigenvalue weighted by atomic mass is 10.1. The summed E-state index contributed by atoms with van der Waals surface area (Å²) in [6.45, 7) is 2.21. The van der Waals surface area contributed by atoms with Gasteiger partial charge in [-0.05, 0) is 18.2 Å². The molecule has 1 aromatic carbocycles. The van der Waals surface area contributed by atoms with Crippen LogP contribution in [-0.2, 0) is 33.3 Å². The van der Waals surface area contributed by atoms with Crippen molar-refractivity contribution in [3.8, 4) is 0 Å². The number of rotatable bonds is 8. The summed E-state index contributed by atoms with van der Waals surface area (Å²) in [5.41, 5.74) is -0.411. The number of aromatic nitrogens is 2. The Morgan fingerprint density at radius 1 is 1.16 bits per heavy atom. The minimum Gasteiger partial charge on any atom is -0.466 e. The van der Waals surface area contributed by atoms with Crippen LogP contribution in [0.1, 0.15) is 29.8 Å². The topological polar surface area (TPSA) is 154 Å². The van der Waals surface area contributed by atoms with Crippen molar-refractivity contribution in [2.24, 2.45) is 0 Å². The molecule has 1 aliphatic rings. The molecule has 1 aromatic heterocycles. The van der Waals surface area contributed by atoms with Gasteiger partial charge < -0.3 is 23.9 Å². The maximum atomic E-state index is 13.8. The van der Waals surface area contributed by atoms with E-state index >= 15 is 0 Å². The van der Waals surface area contributed by atoms with Crippen LogP contribution in [0.4, 0.5) is 5.82 Å². The highest BCUT2D eigenvalue weighted by atomic mass is 79.9. The van der Waals surface area contributed by atoms with Gasteiger partial charge in [0.15, 0.2) is 18.1 Å². The highest BCUT2D eigenvalue weighted by Crippen LogP contribution is 2.35. The molecule has 0 saturated carbocycles. The molecule has 1 fully saturated rings. The molecule has 196 valence electrons. The molecule has 1 aliphatic heterocycles. The Morgan fingerprint density at radius 3 is 2.49 bits per heavy atom. The third-order valence-corrected chi connectivity index (χ3v) is 6.27. The van der Waals surface area contributed by atoms with Gasteiger partial charge in [0.25, 0.3) is 5.91 Å². The Morgan fingerprint density at radius 2 is 1.86 bits per heavy atom. The molecular formula is C24H24BrN3O9. The van der Waals surface area contributed by atoms with Crippen molar-refractivity contribution in [3.05, 3.63) is 64.2 Å². The predicted octanol–water partition coefficient (Wildman–Crippen LogP) is 1.59. The summed E-state index contributed by atoms with van der Waals surface area (Å²) >= 11 is 3.43. The molecule has 0 aliphatic carbocycles. The van der Waals surface area contributed by atoms with Crippen molar-refractivity contribution in [1.29, 1.82) is 0 Å². The van der Waals surface area contributed by atoms with Crippen LogP contribution >= 0.6 is 15.9 Å². The van der Waals surface area contributed by atoms with Gasteiger partial charge >= 0.3 is 23.6 Å². The minimum atomic E-state index is -1.30. The molecule has 1 saturated heterocycles. The van der Waals surface area contributed by atoms with Gasteiger partial charge in [0, 0.05) is 37.2 Å². The maximum absolute atomic E-state index is 13.8. The number of hydrogen-bond acceptors (Lipinski definition) is 10. The van der Waals surface area contributed by atoms with Crippen LogP contribution in [0.2, 0.25) is 0 Å². The van der Waals surface area contributed by atoms with Gasteiger partial charge in [-0.3, -0.25) is 19.3 Å². The zero-order valence-electron chi connectivity index (χ0n) is 20.1. The SMILES string of the molecule is COC(=O)C=Cc1c[nH]c(=O)nc1N(C(=O)c1ccccc1)[C@@H]1O[C@H](COC(C)=O)[C@H](Br)[C@H]1OC(C)=O. The molecule has 1 amide bonds. The average molecular weight is 578 g/mol. The van der Waals surface area contributed by atoms with E-state index in [1.165, 1.54) is 33.2 Å². The fourth-order valence-corrected chi connectivity index (χ4v) is 4.19. The molecule has 3 rings (SSSR count). The Bertz CT molecular complexity index is 1250. The van der Waals surface area contributed by atoms with Gasteiger partial charge in [0.05, 0.1) is 11.9 Å². The lowest BCUT2D eigenvalue weighted by molar-refractivity contribution is -0.148. The quantitative estimate of drug-likeness (QED) is 0.211. The van der Waals surface area contributed by atoms with Crippen molar-refractivity contribution in [2.45, 2.75) is 37.1 Å². The molecule has 37 heavy (non-hydrogen) atoms. The van der Waals surface area contributed by atoms with E-state index in [-0.39, 0.29) is 23.6 Å². The van der Waals surface area contributed by atoms with Gasteiger partial charge in [0.2, 0.25) is 0 Å². The van der Waals surface area contributed by atoms with E-state index in [0.717, 1.165) is 11.0 Å². The van der Waals surface area contributed by atoms with E-state index in [4.69, 9.17) is 14.2 Å². The summed E-state index contributed by atoms with van der Waals surface area (Å²) in [4.78, 5) is 67.9. The predicted molar refractivity (Wildman–Crippen MR) is 133 cm³/mol. The van der Waals surface area contributed by atoms with Crippen LogP contribution in [-0.4, -0.2) is 70.8 Å². The Hall–Kier alpha value is -3.84. The van der Waals surface area contributed by atoms with Crippen molar-refractivity contribution in [1.82, 2.24) is 9.97 Å². The second kappa shape index (κ2) is 12.4. The summed E-state index contributed by atoms with van der Waals surface area (Å²) < 4.78 is 21.3. The Labute approximate surface area is 219 Å². The zero-order valence-corrected chi connectivity index (χ0v) is 21.7. The summed E-state index contributed by atoms with van der Waals surface area (Å²) in [6, 6.07) is 8.10. The van der Waals surface area contributed by atoms with E-state index in [1.807, 2.05) is 0 Å². The normalized spacial score (nSPS) is 20.9. The number of ether oxygens (including phenoxy) is 4. The largest absolute Gasteiger partial charge is 0.466 e. The first-order valence-electron chi connectivity index (χ1n) is 11.0. The molecule has 4 atom stereocenters. The molecule has 13 heteroatoms. The molecular weight excluding hydrogens is 554 g/mol. The molecule has 0 spiro atoms. The number of methoxy groups -OCH3 is 1. The third-order valence-electron chi connectivity index (χ3n) is 5.16. The Kier molecular flexibility index (Phi) is 9.31. The van der Waals surface area contributed by atoms with Gasteiger partial charge in [-0.25, -0.2) is 9.59 Å². The first kappa shape index (κ1) is 27.7. The fourth-order valence-electron chi connectivity index (χ4n) is 3.54. The van der Waals surface area contributed by atoms with E-state index in [9.17, 15) is 24.0 Å². The number of H-pyrrole nitrogens is 1. The van der Waals surface area contributed by atoms with Crippen LogP contribution in [0.25, 0.3) is 6.08 Å². The van der Waals surface area contributed by atoms with Gasteiger partial charge in [-0.15, -0.1) is 0 Å². The van der Waals surface area contributed by atoms with E-state index in [0.29, 0.717) is 0 Å². The molecule has 2 heterocycles. The first-order chi connectivity index (χ1) is 17.6.